The van der Waals surface area contributed by atoms with Crippen molar-refractivity contribution in [2.45, 2.75) is 44.9 Å². The van der Waals surface area contributed by atoms with Gasteiger partial charge in [-0.1, -0.05) is 41.4 Å². The molecule has 7 nitrogen and oxygen atoms in total. The van der Waals surface area contributed by atoms with Crippen LogP contribution in [0.1, 0.15) is 31.4 Å². The number of rotatable bonds is 10. The second-order valence-electron chi connectivity index (χ2n) is 9.44. The summed E-state index contributed by atoms with van der Waals surface area (Å²) in [6, 6.07) is 11.0. The average Bonchev–Trinajstić information content (AvgIpc) is 2.81. The molecule has 1 unspecified atom stereocenters. The van der Waals surface area contributed by atoms with E-state index >= 15 is 0 Å². The molecule has 204 valence electrons. The number of amides is 1. The van der Waals surface area contributed by atoms with E-state index in [1.807, 2.05) is 13.8 Å². The van der Waals surface area contributed by atoms with E-state index in [0.717, 1.165) is 0 Å². The van der Waals surface area contributed by atoms with Gasteiger partial charge in [0.15, 0.2) is 0 Å². The van der Waals surface area contributed by atoms with Crippen molar-refractivity contribution < 1.29 is 26.7 Å². The summed E-state index contributed by atoms with van der Waals surface area (Å²) in [4.78, 5) is 15.7. The molecule has 0 bridgehead atoms. The van der Waals surface area contributed by atoms with Gasteiger partial charge in [0.1, 0.15) is 5.75 Å². The fourth-order valence-electron chi connectivity index (χ4n) is 4.53. The zero-order valence-electron chi connectivity index (χ0n) is 20.9. The third kappa shape index (κ3) is 7.77. The van der Waals surface area contributed by atoms with Crippen LogP contribution in [0, 0.1) is 0 Å². The van der Waals surface area contributed by atoms with Crippen LogP contribution in [0.5, 0.6) is 5.75 Å². The van der Waals surface area contributed by atoms with Crippen LogP contribution in [0.25, 0.3) is 0 Å². The SMILES string of the molecule is C[C@@H]1CN(CCC(C)(C(=O)NCc2cccc(OC(F)F)c2)c2ccc(Cl)c(Cl)c2)CCN1S(C)(=O)=O. The lowest BCUT2D eigenvalue weighted by molar-refractivity contribution is -0.126. The topological polar surface area (TPSA) is 79.0 Å². The number of halogens is 4. The Balaban J connectivity index is 1.76. The van der Waals surface area contributed by atoms with Gasteiger partial charge < -0.3 is 15.0 Å². The number of alkyl halides is 2. The molecule has 0 spiro atoms. The Morgan fingerprint density at radius 3 is 2.54 bits per heavy atom. The Bertz CT molecular complexity index is 1220. The predicted octanol–water partition coefficient (Wildman–Crippen LogP) is 4.52. The second kappa shape index (κ2) is 12.3. The number of carbonyl (C=O) groups excluding carboxylic acids is 1. The second-order valence-corrected chi connectivity index (χ2v) is 12.2. The molecule has 3 rings (SSSR count). The highest BCUT2D eigenvalue weighted by Crippen LogP contribution is 2.33. The third-order valence-corrected chi connectivity index (χ3v) is 8.77. The minimum Gasteiger partial charge on any atom is -0.435 e. The zero-order chi connectivity index (χ0) is 27.4. The Hall–Kier alpha value is -1.98. The third-order valence-electron chi connectivity index (χ3n) is 6.64. The fraction of sp³-hybridized carbons (Fsp3) is 0.480. The van der Waals surface area contributed by atoms with Crippen molar-refractivity contribution in [2.75, 3.05) is 32.4 Å². The number of carbonyl (C=O) groups is 1. The van der Waals surface area contributed by atoms with E-state index in [4.69, 9.17) is 23.2 Å². The Kier molecular flexibility index (Phi) is 9.79. The molecule has 1 fully saturated rings. The normalized spacial score (nSPS) is 19.0. The number of hydrogen-bond acceptors (Lipinski definition) is 5. The lowest BCUT2D eigenvalue weighted by Crippen LogP contribution is -2.54. The van der Waals surface area contributed by atoms with Gasteiger partial charge in [0, 0.05) is 32.2 Å². The van der Waals surface area contributed by atoms with E-state index in [2.05, 4.69) is 15.0 Å². The zero-order valence-corrected chi connectivity index (χ0v) is 23.2. The molecule has 0 aromatic heterocycles. The summed E-state index contributed by atoms with van der Waals surface area (Å²) in [6.07, 6.45) is 1.64. The van der Waals surface area contributed by atoms with Gasteiger partial charge in [0.05, 0.1) is 21.7 Å². The molecule has 0 aliphatic carbocycles. The Morgan fingerprint density at radius 2 is 1.92 bits per heavy atom. The van der Waals surface area contributed by atoms with Gasteiger partial charge in [-0.05, 0) is 62.2 Å². The van der Waals surface area contributed by atoms with Crippen molar-refractivity contribution in [3.05, 3.63) is 63.6 Å². The van der Waals surface area contributed by atoms with E-state index in [-0.39, 0.29) is 24.2 Å². The minimum atomic E-state index is -3.29. The molecule has 12 heteroatoms. The lowest BCUT2D eigenvalue weighted by Gasteiger charge is -2.40. The van der Waals surface area contributed by atoms with Gasteiger partial charge in [0.25, 0.3) is 0 Å². The van der Waals surface area contributed by atoms with Crippen LogP contribution >= 0.6 is 23.2 Å². The highest BCUT2D eigenvalue weighted by molar-refractivity contribution is 7.88. The first-order valence-corrected chi connectivity index (χ1v) is 14.4. The van der Waals surface area contributed by atoms with Crippen LogP contribution in [0.4, 0.5) is 8.78 Å². The summed E-state index contributed by atoms with van der Waals surface area (Å²) in [5.74, 6) is -0.259. The van der Waals surface area contributed by atoms with Gasteiger partial charge in [0.2, 0.25) is 15.9 Å². The molecule has 1 aliphatic heterocycles. The maximum atomic E-state index is 13.6. The first-order chi connectivity index (χ1) is 17.3. The molecule has 1 aliphatic rings. The molecule has 2 aromatic rings. The molecule has 1 saturated heterocycles. The van der Waals surface area contributed by atoms with Crippen LogP contribution < -0.4 is 10.1 Å². The summed E-state index contributed by atoms with van der Waals surface area (Å²) >= 11 is 12.4. The smallest absolute Gasteiger partial charge is 0.387 e. The van der Waals surface area contributed by atoms with E-state index in [0.29, 0.717) is 53.8 Å². The average molecular weight is 579 g/mol. The summed E-state index contributed by atoms with van der Waals surface area (Å²) in [5.41, 5.74) is 0.286. The van der Waals surface area contributed by atoms with Gasteiger partial charge in [-0.25, -0.2) is 8.42 Å². The Labute approximate surface area is 226 Å². The van der Waals surface area contributed by atoms with E-state index in [9.17, 15) is 22.0 Å². The molecule has 37 heavy (non-hydrogen) atoms. The van der Waals surface area contributed by atoms with Crippen molar-refractivity contribution in [1.82, 2.24) is 14.5 Å². The van der Waals surface area contributed by atoms with Gasteiger partial charge in [-0.15, -0.1) is 0 Å². The summed E-state index contributed by atoms with van der Waals surface area (Å²) < 4.78 is 55.1. The van der Waals surface area contributed by atoms with Crippen LogP contribution in [-0.4, -0.2) is 68.6 Å². The molecule has 0 radical (unpaired) electrons. The molecule has 0 saturated carbocycles. The summed E-state index contributed by atoms with van der Waals surface area (Å²) in [7, 11) is -3.29. The lowest BCUT2D eigenvalue weighted by atomic mass is 9.78. The number of ether oxygens (including phenoxy) is 1. The number of sulfonamides is 1. The van der Waals surface area contributed by atoms with Gasteiger partial charge in [-0.3, -0.25) is 4.79 Å². The highest BCUT2D eigenvalue weighted by Gasteiger charge is 2.37. The van der Waals surface area contributed by atoms with Crippen molar-refractivity contribution in [1.29, 1.82) is 0 Å². The van der Waals surface area contributed by atoms with Crippen LogP contribution in [0.2, 0.25) is 10.0 Å². The van der Waals surface area contributed by atoms with E-state index in [1.54, 1.807) is 30.3 Å². The molecular formula is C25H31Cl2F2N3O4S. The molecule has 1 amide bonds. The largest absolute Gasteiger partial charge is 0.435 e. The summed E-state index contributed by atoms with van der Waals surface area (Å²) in [5, 5.41) is 3.61. The van der Waals surface area contributed by atoms with E-state index < -0.39 is 22.0 Å². The molecule has 2 atom stereocenters. The standard InChI is InChI=1S/C25H31Cl2F2N3O4S/c1-17-16-31(11-12-32(17)37(3,34)35)10-9-25(2,19-7-8-21(26)22(27)14-19)23(33)30-15-18-5-4-6-20(13-18)36-24(28)29/h4-8,13-14,17,24H,9-12,15-16H2,1-3H3,(H,30,33)/t17-,25?/m1/s1. The molecule has 2 aromatic carbocycles. The highest BCUT2D eigenvalue weighted by atomic mass is 35.5. The fourth-order valence-corrected chi connectivity index (χ4v) is 5.96. The molecular weight excluding hydrogens is 547 g/mol. The van der Waals surface area contributed by atoms with Crippen molar-refractivity contribution >= 4 is 39.1 Å². The van der Waals surface area contributed by atoms with Crippen molar-refractivity contribution in [3.63, 3.8) is 0 Å². The van der Waals surface area contributed by atoms with Crippen molar-refractivity contribution in [3.8, 4) is 5.75 Å². The first-order valence-electron chi connectivity index (χ1n) is 11.8. The summed E-state index contributed by atoms with van der Waals surface area (Å²) in [6.45, 7) is 2.87. The first kappa shape index (κ1) is 29.6. The quantitative estimate of drug-likeness (QED) is 0.449. The number of hydrogen-bond donors (Lipinski definition) is 1. The number of piperazine rings is 1. The molecule has 1 heterocycles. The molecule has 1 N–H and O–H groups in total. The minimum absolute atomic E-state index is 0.0105. The van der Waals surface area contributed by atoms with Crippen LogP contribution in [-0.2, 0) is 26.8 Å². The van der Waals surface area contributed by atoms with Crippen LogP contribution in [0.3, 0.4) is 0 Å². The van der Waals surface area contributed by atoms with Crippen LogP contribution in [0.15, 0.2) is 42.5 Å². The predicted molar refractivity (Wildman–Crippen MR) is 141 cm³/mol. The number of nitrogens with zero attached hydrogens (tertiary/aromatic N) is 2. The maximum absolute atomic E-state index is 13.6. The Morgan fingerprint density at radius 1 is 1.19 bits per heavy atom. The number of nitrogens with one attached hydrogen (secondary N) is 1. The monoisotopic (exact) mass is 577 g/mol. The number of benzene rings is 2. The van der Waals surface area contributed by atoms with Gasteiger partial charge >= 0.3 is 6.61 Å². The van der Waals surface area contributed by atoms with E-state index in [1.165, 1.54) is 22.7 Å². The van der Waals surface area contributed by atoms with Gasteiger partial charge in [-0.2, -0.15) is 13.1 Å². The van der Waals surface area contributed by atoms with Crippen molar-refractivity contribution in [2.24, 2.45) is 0 Å². The maximum Gasteiger partial charge on any atom is 0.387 e.